The van der Waals surface area contributed by atoms with Crippen LogP contribution in [0.5, 0.6) is 0 Å². The third-order valence-electron chi connectivity index (χ3n) is 11.1. The summed E-state index contributed by atoms with van der Waals surface area (Å²) >= 11 is 1.68. The van der Waals surface area contributed by atoms with Crippen LogP contribution >= 0.6 is 11.3 Å². The van der Waals surface area contributed by atoms with Gasteiger partial charge in [0, 0.05) is 58.9 Å². The molecule has 3 aromatic heterocycles. The Labute approximate surface area is 345 Å². The fourth-order valence-corrected chi connectivity index (χ4v) is 9.88. The minimum atomic E-state index is -0.479. The van der Waals surface area contributed by atoms with Crippen LogP contribution in [0.1, 0.15) is 6.85 Å². The van der Waals surface area contributed by atoms with Crippen LogP contribution in [0.4, 0.5) is 0 Å². The van der Waals surface area contributed by atoms with Crippen molar-refractivity contribution in [3.8, 4) is 51.0 Å². The molecular weight excluding hydrogens is 725 g/mol. The average molecular weight is 762 g/mol. The van der Waals surface area contributed by atoms with E-state index in [1.54, 1.807) is 11.3 Å². The molecule has 0 bridgehead atoms. The zero-order valence-electron chi connectivity index (χ0n) is 35.8. The molecule has 0 atom stereocenters. The molecule has 0 saturated heterocycles. The molecule has 0 radical (unpaired) electrons. The van der Waals surface area contributed by atoms with Gasteiger partial charge in [-0.2, -0.15) is 0 Å². The quantitative estimate of drug-likeness (QED) is 0.164. The van der Waals surface area contributed by atoms with Gasteiger partial charge in [-0.3, -0.25) is 0 Å². The Morgan fingerprint density at radius 2 is 0.983 bits per heavy atom. The topological polar surface area (TPSA) is 43.6 Å². The maximum Gasteiger partial charge on any atom is 0.165 e. The summed E-state index contributed by atoms with van der Waals surface area (Å²) in [6, 6.07) is 54.5. The minimum absolute atomic E-state index is 0.00398. The summed E-state index contributed by atoms with van der Waals surface area (Å²) in [5.74, 6) is 0.639. The number of thiophene rings is 1. The van der Waals surface area contributed by atoms with E-state index in [2.05, 4.69) is 138 Å². The minimum Gasteiger partial charge on any atom is -0.309 e. The van der Waals surface area contributed by atoms with Crippen LogP contribution in [-0.2, 0) is 0 Å². The maximum absolute atomic E-state index is 8.95. The first-order valence-corrected chi connectivity index (χ1v) is 19.9. The van der Waals surface area contributed by atoms with E-state index >= 15 is 0 Å². The predicted octanol–water partition coefficient (Wildman–Crippen LogP) is 14.3. The van der Waals surface area contributed by atoms with Crippen molar-refractivity contribution < 1.29 is 6.85 Å². The van der Waals surface area contributed by atoms with E-state index in [1.807, 2.05) is 30.3 Å². The highest BCUT2D eigenvalue weighted by molar-refractivity contribution is 7.26. The third-order valence-corrected chi connectivity index (χ3v) is 12.4. The van der Waals surface area contributed by atoms with Gasteiger partial charge in [-0.1, -0.05) is 164 Å². The number of fused-ring (bicyclic) bond motifs is 9. The van der Waals surface area contributed by atoms with Crippen molar-refractivity contribution in [2.75, 3.05) is 0 Å². The second-order valence-corrected chi connectivity index (χ2v) is 15.4. The fraction of sp³-hybridized carbons (Fsp3) is 0. The second kappa shape index (κ2) is 13.1. The van der Waals surface area contributed by atoms with Crippen molar-refractivity contribution in [3.05, 3.63) is 194 Å². The van der Waals surface area contributed by atoms with Gasteiger partial charge in [-0.05, 0) is 57.4 Å². The van der Waals surface area contributed by atoms with Gasteiger partial charge in [0.05, 0.1) is 17.9 Å². The van der Waals surface area contributed by atoms with E-state index in [1.165, 1.54) is 16.2 Å². The lowest BCUT2D eigenvalue weighted by molar-refractivity contribution is 1.07. The van der Waals surface area contributed by atoms with E-state index in [-0.39, 0.29) is 23.5 Å². The van der Waals surface area contributed by atoms with Gasteiger partial charge in [-0.15, -0.1) is 11.3 Å². The van der Waals surface area contributed by atoms with Crippen molar-refractivity contribution in [1.82, 2.24) is 19.5 Å². The summed E-state index contributed by atoms with van der Waals surface area (Å²) in [4.78, 5) is 15.1. The molecule has 3 heterocycles. The highest BCUT2D eigenvalue weighted by Crippen LogP contribution is 2.47. The summed E-state index contributed by atoms with van der Waals surface area (Å²) in [6.07, 6.45) is 0. The second-order valence-electron chi connectivity index (χ2n) is 14.4. The summed E-state index contributed by atoms with van der Waals surface area (Å²) in [5.41, 5.74) is 6.60. The summed E-state index contributed by atoms with van der Waals surface area (Å²) in [5, 5.41) is 9.09. The van der Waals surface area contributed by atoms with Gasteiger partial charge in [0.2, 0.25) is 0 Å². The average Bonchev–Trinajstić information content (AvgIpc) is 3.88. The van der Waals surface area contributed by atoms with E-state index in [9.17, 15) is 0 Å². The Morgan fingerprint density at radius 3 is 1.74 bits per heavy atom. The number of para-hydroxylation sites is 2. The van der Waals surface area contributed by atoms with Crippen LogP contribution in [0.15, 0.2) is 194 Å². The Morgan fingerprint density at radius 1 is 0.397 bits per heavy atom. The highest BCUT2D eigenvalue weighted by Gasteiger charge is 2.22. The number of nitrogens with zero attached hydrogens (tertiary/aromatic N) is 4. The lowest BCUT2D eigenvalue weighted by Gasteiger charge is -2.13. The number of hydrogen-bond acceptors (Lipinski definition) is 4. The van der Waals surface area contributed by atoms with Gasteiger partial charge in [-0.25, -0.2) is 15.0 Å². The fourth-order valence-electron chi connectivity index (χ4n) is 8.56. The lowest BCUT2D eigenvalue weighted by Crippen LogP contribution is -2.01. The molecule has 0 spiro atoms. The molecule has 0 saturated carbocycles. The van der Waals surface area contributed by atoms with E-state index < -0.39 is 18.1 Å². The summed E-state index contributed by atoms with van der Waals surface area (Å²) in [6.45, 7) is 0. The molecule has 0 N–H and O–H groups in total. The van der Waals surface area contributed by atoms with Crippen LogP contribution in [0.2, 0.25) is 0 Å². The largest absolute Gasteiger partial charge is 0.309 e. The highest BCUT2D eigenvalue weighted by atomic mass is 32.1. The maximum atomic E-state index is 8.95. The Hall–Kier alpha value is -7.47. The van der Waals surface area contributed by atoms with Crippen molar-refractivity contribution in [2.24, 2.45) is 0 Å². The van der Waals surface area contributed by atoms with Crippen LogP contribution in [-0.4, -0.2) is 19.5 Å². The molecule has 0 fully saturated rings. The molecule has 5 heteroatoms. The van der Waals surface area contributed by atoms with Gasteiger partial charge >= 0.3 is 0 Å². The zero-order valence-corrected chi connectivity index (χ0v) is 31.6. The third kappa shape index (κ3) is 5.11. The van der Waals surface area contributed by atoms with Crippen LogP contribution < -0.4 is 0 Å². The lowest BCUT2D eigenvalue weighted by atomic mass is 9.92. The molecule has 12 aromatic rings. The van der Waals surface area contributed by atoms with Gasteiger partial charge in [0.25, 0.3) is 0 Å². The SMILES string of the molecule is [2H]c1c([2H])c([2H])c(-c2nc(-c3ccccc3)nc(-c3cc(-n4c5ccccc5c5ccccc54)cc4c3sc3c(-c5cc6ccccc6c6ccccc56)cccc34)n2)c([2H])c1[2H]. The van der Waals surface area contributed by atoms with Crippen LogP contribution in [0.25, 0.3) is 115 Å². The van der Waals surface area contributed by atoms with Gasteiger partial charge < -0.3 is 4.57 Å². The normalized spacial score (nSPS) is 13.0. The summed E-state index contributed by atoms with van der Waals surface area (Å²) < 4.78 is 47.6. The van der Waals surface area contributed by atoms with Crippen molar-refractivity contribution in [3.63, 3.8) is 0 Å². The zero-order chi connectivity index (χ0) is 42.5. The predicted molar refractivity (Wildman–Crippen MR) is 244 cm³/mol. The molecular formula is C53H32N4S. The standard InChI is InChI=1S/C53H32N4S/c1-3-16-33(17-4-1)51-54-52(34-18-5-2-6-19-34)56-53(55-51)46-32-36(57-47-28-13-11-24-40(47)41-25-12-14-29-48(41)57)31-45-43-27-15-26-42(49(43)58-50(45)46)44-30-35-20-7-8-21-37(35)38-22-9-10-23-39(38)44/h1-32H/i1D,3D,4D,16D,17D. The van der Waals surface area contributed by atoms with Gasteiger partial charge in [0.15, 0.2) is 17.5 Å². The molecule has 4 nitrogen and oxygen atoms in total. The summed E-state index contributed by atoms with van der Waals surface area (Å²) in [7, 11) is 0. The Kier molecular flexibility index (Phi) is 6.30. The van der Waals surface area contributed by atoms with E-state index in [4.69, 9.17) is 21.8 Å². The molecule has 58 heavy (non-hydrogen) atoms. The number of hydrogen-bond donors (Lipinski definition) is 0. The molecule has 270 valence electrons. The van der Waals surface area contributed by atoms with Crippen LogP contribution in [0.3, 0.4) is 0 Å². The van der Waals surface area contributed by atoms with Gasteiger partial charge in [0.1, 0.15) is 0 Å². The first kappa shape index (κ1) is 28.0. The van der Waals surface area contributed by atoms with Crippen molar-refractivity contribution in [1.29, 1.82) is 0 Å². The van der Waals surface area contributed by atoms with Crippen molar-refractivity contribution >= 4 is 74.9 Å². The molecule has 0 unspecified atom stereocenters. The monoisotopic (exact) mass is 761 g/mol. The van der Waals surface area contributed by atoms with Crippen LogP contribution in [0, 0.1) is 0 Å². The smallest absolute Gasteiger partial charge is 0.165 e. The van der Waals surface area contributed by atoms with Crippen molar-refractivity contribution in [2.45, 2.75) is 0 Å². The first-order chi connectivity index (χ1) is 30.8. The number of aromatic nitrogens is 4. The molecule has 9 aromatic carbocycles. The molecule has 12 rings (SSSR count). The first-order valence-electron chi connectivity index (χ1n) is 21.6. The molecule has 0 aliphatic heterocycles. The molecule has 0 aliphatic carbocycles. The van der Waals surface area contributed by atoms with E-state index in [0.717, 1.165) is 69.7 Å². The molecule has 0 aliphatic rings. The number of rotatable bonds is 5. The Bertz CT molecular complexity index is 3800. The molecule has 0 amide bonds. The number of benzene rings is 9. The Balaban J connectivity index is 1.21. The van der Waals surface area contributed by atoms with E-state index in [0.29, 0.717) is 17.2 Å².